The van der Waals surface area contributed by atoms with Gasteiger partial charge in [-0.1, -0.05) is 11.6 Å². The number of nitrogens with zero attached hydrogens (tertiary/aromatic N) is 1. The van der Waals surface area contributed by atoms with Crippen molar-refractivity contribution in [3.63, 3.8) is 0 Å². The highest BCUT2D eigenvalue weighted by Gasteiger charge is 2.28. The summed E-state index contributed by atoms with van der Waals surface area (Å²) >= 11 is 7.56. The molecule has 0 atom stereocenters. The minimum atomic E-state index is -0.433. The van der Waals surface area contributed by atoms with Gasteiger partial charge in [-0.3, -0.25) is 9.69 Å². The first-order chi connectivity index (χ1) is 9.08. The van der Waals surface area contributed by atoms with Gasteiger partial charge in [-0.15, -0.1) is 11.8 Å². The van der Waals surface area contributed by atoms with Crippen LogP contribution in [0.25, 0.3) is 5.70 Å². The zero-order valence-electron chi connectivity index (χ0n) is 10.3. The highest BCUT2D eigenvalue weighted by Crippen LogP contribution is 2.38. The van der Waals surface area contributed by atoms with Crippen LogP contribution in [-0.2, 0) is 4.79 Å². The maximum atomic E-state index is 13.1. The monoisotopic (exact) mass is 301 g/mol. The molecule has 3 nitrogen and oxygen atoms in total. The Balaban J connectivity index is 2.59. The van der Waals surface area contributed by atoms with Gasteiger partial charge in [-0.05, 0) is 30.9 Å². The number of benzene rings is 1. The molecule has 6 heteroatoms. The topological polar surface area (TPSA) is 40.5 Å². The molecule has 1 N–H and O–H groups in total. The Hall–Kier alpha value is -1.04. The minimum Gasteiger partial charge on any atom is -0.376 e. The van der Waals surface area contributed by atoms with Crippen molar-refractivity contribution in [3.8, 4) is 0 Å². The normalized spacial score (nSPS) is 16.2. The maximum Gasteiger partial charge on any atom is 0.229 e. The highest BCUT2D eigenvalue weighted by molar-refractivity contribution is 8.02. The number of carbonyl (C=O) groups excluding carboxylic acids is 1. The van der Waals surface area contributed by atoms with Crippen LogP contribution in [0.1, 0.15) is 18.4 Å². The molecule has 0 bridgehead atoms. The van der Waals surface area contributed by atoms with Gasteiger partial charge >= 0.3 is 0 Å². The number of amides is 1. The molecule has 0 fully saturated rings. The van der Waals surface area contributed by atoms with E-state index in [0.717, 1.165) is 4.91 Å². The Labute approximate surface area is 120 Å². The number of hydrogen-bond donors (Lipinski definition) is 1. The zero-order chi connectivity index (χ0) is 14.0. The molecule has 1 aliphatic rings. The lowest BCUT2D eigenvalue weighted by molar-refractivity contribution is -0.131. The average Bonchev–Trinajstić information content (AvgIpc) is 2.38. The Morgan fingerprint density at radius 3 is 2.79 bits per heavy atom. The van der Waals surface area contributed by atoms with Crippen molar-refractivity contribution < 1.29 is 14.3 Å². The number of carbonyl (C=O) groups is 1. The van der Waals surface area contributed by atoms with E-state index in [0.29, 0.717) is 24.1 Å². The average molecular weight is 302 g/mol. The molecule has 1 aromatic carbocycles. The number of hydrogen-bond acceptors (Lipinski definition) is 3. The summed E-state index contributed by atoms with van der Waals surface area (Å²) < 4.78 is 13.1. The lowest BCUT2D eigenvalue weighted by Gasteiger charge is -2.30. The first-order valence-electron chi connectivity index (χ1n) is 5.72. The van der Waals surface area contributed by atoms with Crippen molar-refractivity contribution in [2.24, 2.45) is 0 Å². The van der Waals surface area contributed by atoms with Crippen LogP contribution in [0.3, 0.4) is 0 Å². The van der Waals surface area contributed by atoms with Crippen molar-refractivity contribution in [1.29, 1.82) is 0 Å². The fourth-order valence-electron chi connectivity index (χ4n) is 2.07. The van der Waals surface area contributed by atoms with E-state index in [1.165, 1.54) is 34.9 Å². The van der Waals surface area contributed by atoms with Gasteiger partial charge < -0.3 is 5.11 Å². The number of rotatable bonds is 3. The lowest BCUT2D eigenvalue weighted by atomic mass is 10.0. The predicted molar refractivity (Wildman–Crippen MR) is 75.0 cm³/mol. The van der Waals surface area contributed by atoms with Crippen molar-refractivity contribution in [2.45, 2.75) is 12.8 Å². The number of halogens is 2. The SMILES string of the molecule is CSC1=C(c2ccc(F)cc2Cl)N(CO)C(=O)CC1. The molecule has 0 spiro atoms. The molecule has 0 saturated heterocycles. The van der Waals surface area contributed by atoms with Crippen LogP contribution in [-0.4, -0.2) is 28.9 Å². The summed E-state index contributed by atoms with van der Waals surface area (Å²) in [5.41, 5.74) is 1.14. The number of aliphatic hydroxyl groups excluding tert-OH is 1. The van der Waals surface area contributed by atoms with Crippen molar-refractivity contribution in [2.75, 3.05) is 13.0 Å². The molecule has 0 radical (unpaired) electrons. The first kappa shape index (κ1) is 14.4. The summed E-state index contributed by atoms with van der Waals surface area (Å²) in [6, 6.07) is 4.03. The quantitative estimate of drug-likeness (QED) is 0.933. The van der Waals surface area contributed by atoms with Gasteiger partial charge in [0, 0.05) is 16.9 Å². The molecule has 1 aromatic rings. The van der Waals surface area contributed by atoms with E-state index in [9.17, 15) is 14.3 Å². The van der Waals surface area contributed by atoms with Gasteiger partial charge in [0.05, 0.1) is 10.7 Å². The smallest absolute Gasteiger partial charge is 0.229 e. The summed E-state index contributed by atoms with van der Waals surface area (Å²) in [5.74, 6) is -0.589. The van der Waals surface area contributed by atoms with Crippen LogP contribution in [0.5, 0.6) is 0 Å². The molecule has 2 rings (SSSR count). The van der Waals surface area contributed by atoms with Gasteiger partial charge in [0.1, 0.15) is 12.5 Å². The molecule has 19 heavy (non-hydrogen) atoms. The Morgan fingerprint density at radius 1 is 1.47 bits per heavy atom. The molecule has 0 unspecified atom stereocenters. The van der Waals surface area contributed by atoms with Gasteiger partial charge in [0.25, 0.3) is 0 Å². The Kier molecular flexibility index (Phi) is 4.50. The second kappa shape index (κ2) is 5.94. The third-order valence-electron chi connectivity index (χ3n) is 2.98. The molecule has 1 amide bonds. The summed E-state index contributed by atoms with van der Waals surface area (Å²) in [4.78, 5) is 14.1. The molecule has 0 aliphatic carbocycles. The molecule has 0 aromatic heterocycles. The van der Waals surface area contributed by atoms with Crippen LogP contribution in [0.2, 0.25) is 5.02 Å². The summed E-state index contributed by atoms with van der Waals surface area (Å²) in [6.07, 6.45) is 2.87. The summed E-state index contributed by atoms with van der Waals surface area (Å²) in [5, 5.41) is 9.63. The van der Waals surface area contributed by atoms with Crippen molar-refractivity contribution in [1.82, 2.24) is 4.90 Å². The van der Waals surface area contributed by atoms with E-state index in [4.69, 9.17) is 11.6 Å². The molecular weight excluding hydrogens is 289 g/mol. The van der Waals surface area contributed by atoms with Crippen LogP contribution in [0, 0.1) is 5.82 Å². The largest absolute Gasteiger partial charge is 0.376 e. The van der Waals surface area contributed by atoms with Gasteiger partial charge in [0.15, 0.2) is 0 Å². The second-order valence-corrected chi connectivity index (χ2v) is 5.37. The fourth-order valence-corrected chi connectivity index (χ4v) is 3.05. The van der Waals surface area contributed by atoms with E-state index < -0.39 is 12.5 Å². The minimum absolute atomic E-state index is 0.157. The fraction of sp³-hybridized carbons (Fsp3) is 0.308. The molecular formula is C13H13ClFNO2S. The van der Waals surface area contributed by atoms with Crippen LogP contribution in [0.4, 0.5) is 4.39 Å². The highest BCUT2D eigenvalue weighted by atomic mass is 35.5. The van der Waals surface area contributed by atoms with Crippen molar-refractivity contribution in [3.05, 3.63) is 39.5 Å². The Morgan fingerprint density at radius 2 is 2.21 bits per heavy atom. The van der Waals surface area contributed by atoms with Gasteiger partial charge in [-0.2, -0.15) is 0 Å². The Bertz CT molecular complexity index is 547. The van der Waals surface area contributed by atoms with E-state index in [-0.39, 0.29) is 10.9 Å². The van der Waals surface area contributed by atoms with Crippen LogP contribution in [0.15, 0.2) is 23.1 Å². The summed E-state index contributed by atoms with van der Waals surface area (Å²) in [7, 11) is 0. The van der Waals surface area contributed by atoms with Crippen molar-refractivity contribution >= 4 is 35.0 Å². The summed E-state index contributed by atoms with van der Waals surface area (Å²) in [6.45, 7) is -0.411. The molecule has 1 aliphatic heterocycles. The van der Waals surface area contributed by atoms with Crippen LogP contribution < -0.4 is 0 Å². The number of thioether (sulfide) groups is 1. The second-order valence-electron chi connectivity index (χ2n) is 4.06. The van der Waals surface area contributed by atoms with Gasteiger partial charge in [0.2, 0.25) is 5.91 Å². The first-order valence-corrected chi connectivity index (χ1v) is 7.32. The van der Waals surface area contributed by atoms with E-state index >= 15 is 0 Å². The van der Waals surface area contributed by atoms with E-state index in [1.54, 1.807) is 0 Å². The van der Waals surface area contributed by atoms with E-state index in [2.05, 4.69) is 0 Å². The zero-order valence-corrected chi connectivity index (χ0v) is 11.9. The lowest BCUT2D eigenvalue weighted by Crippen LogP contribution is -2.34. The predicted octanol–water partition coefficient (Wildman–Crippen LogP) is 3.08. The molecule has 1 heterocycles. The third kappa shape index (κ3) is 2.78. The maximum absolute atomic E-state index is 13.1. The molecule has 102 valence electrons. The molecule has 0 saturated carbocycles. The van der Waals surface area contributed by atoms with E-state index in [1.807, 2.05) is 6.26 Å². The standard InChI is InChI=1S/C13H13ClFNO2S/c1-19-11-4-5-12(18)16(7-17)13(11)9-3-2-8(15)6-10(9)14/h2-3,6,17H,4-5,7H2,1H3. The van der Waals surface area contributed by atoms with Gasteiger partial charge in [-0.25, -0.2) is 4.39 Å². The number of aliphatic hydroxyl groups is 1. The third-order valence-corrected chi connectivity index (χ3v) is 4.18. The number of allylic oxidation sites excluding steroid dienone is 1. The van der Waals surface area contributed by atoms with Crippen LogP contribution >= 0.6 is 23.4 Å².